The van der Waals surface area contributed by atoms with Crippen molar-refractivity contribution in [2.24, 2.45) is 0 Å². The minimum absolute atomic E-state index is 0.0525. The molecular weight excluding hydrogens is 216 g/mol. The molecule has 1 aliphatic heterocycles. The molecule has 2 rings (SSSR count). The van der Waals surface area contributed by atoms with Crippen molar-refractivity contribution in [3.63, 3.8) is 0 Å². The van der Waals surface area contributed by atoms with Crippen LogP contribution in [-0.2, 0) is 4.79 Å². The number of pyridine rings is 1. The zero-order valence-electron chi connectivity index (χ0n) is 10.0. The van der Waals surface area contributed by atoms with Crippen LogP contribution in [0.2, 0.25) is 0 Å². The first-order valence-electron chi connectivity index (χ1n) is 5.86. The van der Waals surface area contributed by atoms with Gasteiger partial charge in [0.15, 0.2) is 0 Å². The first kappa shape index (κ1) is 12.0. The van der Waals surface area contributed by atoms with Gasteiger partial charge >= 0.3 is 0 Å². The van der Waals surface area contributed by atoms with Gasteiger partial charge in [-0.25, -0.2) is 0 Å². The Morgan fingerprint density at radius 3 is 3.06 bits per heavy atom. The fourth-order valence-corrected chi connectivity index (χ4v) is 1.95. The summed E-state index contributed by atoms with van der Waals surface area (Å²) in [6.07, 6.45) is 3.86. The number of aromatic nitrogens is 1. The van der Waals surface area contributed by atoms with Gasteiger partial charge in [-0.15, -0.1) is 0 Å². The Labute approximate surface area is 101 Å². The number of piperazine rings is 1. The van der Waals surface area contributed by atoms with Gasteiger partial charge in [-0.3, -0.25) is 9.78 Å². The molecule has 0 bridgehead atoms. The Morgan fingerprint density at radius 2 is 2.35 bits per heavy atom. The van der Waals surface area contributed by atoms with E-state index in [9.17, 15) is 4.79 Å². The Bertz CT molecular complexity index is 368. The number of amides is 1. The predicted molar refractivity (Wildman–Crippen MR) is 66.8 cm³/mol. The fourth-order valence-electron chi connectivity index (χ4n) is 1.95. The fraction of sp³-hybridized carbons (Fsp3) is 0.500. The molecule has 1 amide bonds. The van der Waals surface area contributed by atoms with Crippen molar-refractivity contribution in [2.75, 3.05) is 32.0 Å². The molecule has 0 spiro atoms. The standard InChI is InChI=1S/C12H18N4O/c1-16-7-6-14-9-11(16)8-12(17)15-10-2-4-13-5-3-10/h2-5,11,14H,6-9H2,1H3,(H,13,15,17). The van der Waals surface area contributed by atoms with Crippen molar-refractivity contribution in [1.29, 1.82) is 0 Å². The van der Waals surface area contributed by atoms with Crippen LogP contribution >= 0.6 is 0 Å². The molecule has 92 valence electrons. The van der Waals surface area contributed by atoms with Crippen LogP contribution in [0.4, 0.5) is 5.69 Å². The number of carbonyl (C=O) groups is 1. The Hall–Kier alpha value is -1.46. The molecule has 1 aliphatic rings. The number of rotatable bonds is 3. The summed E-state index contributed by atoms with van der Waals surface area (Å²) < 4.78 is 0. The quantitative estimate of drug-likeness (QED) is 0.790. The van der Waals surface area contributed by atoms with E-state index in [0.717, 1.165) is 25.3 Å². The van der Waals surface area contributed by atoms with Gasteiger partial charge in [0.25, 0.3) is 0 Å². The average Bonchev–Trinajstić information content (AvgIpc) is 2.33. The van der Waals surface area contributed by atoms with Crippen LogP contribution in [-0.4, -0.2) is 48.5 Å². The van der Waals surface area contributed by atoms with E-state index in [1.54, 1.807) is 24.5 Å². The molecule has 1 fully saturated rings. The highest BCUT2D eigenvalue weighted by Crippen LogP contribution is 2.08. The maximum absolute atomic E-state index is 11.8. The van der Waals surface area contributed by atoms with E-state index in [-0.39, 0.29) is 11.9 Å². The van der Waals surface area contributed by atoms with Crippen LogP contribution in [0.15, 0.2) is 24.5 Å². The predicted octanol–water partition coefficient (Wildman–Crippen LogP) is 0.314. The van der Waals surface area contributed by atoms with E-state index in [1.807, 2.05) is 0 Å². The Kier molecular flexibility index (Phi) is 4.06. The van der Waals surface area contributed by atoms with Crippen molar-refractivity contribution >= 4 is 11.6 Å². The third kappa shape index (κ3) is 3.51. The van der Waals surface area contributed by atoms with E-state index >= 15 is 0 Å². The molecule has 1 saturated heterocycles. The number of hydrogen-bond acceptors (Lipinski definition) is 4. The molecule has 0 radical (unpaired) electrons. The molecule has 0 aliphatic carbocycles. The molecule has 1 aromatic heterocycles. The zero-order valence-corrected chi connectivity index (χ0v) is 10.0. The maximum Gasteiger partial charge on any atom is 0.225 e. The van der Waals surface area contributed by atoms with Gasteiger partial charge in [-0.2, -0.15) is 0 Å². The molecule has 2 heterocycles. The van der Waals surface area contributed by atoms with E-state index < -0.39 is 0 Å². The van der Waals surface area contributed by atoms with Crippen molar-refractivity contribution < 1.29 is 4.79 Å². The lowest BCUT2D eigenvalue weighted by atomic mass is 10.1. The molecular formula is C12H18N4O. The molecule has 0 saturated carbocycles. The normalized spacial score (nSPS) is 21.1. The van der Waals surface area contributed by atoms with E-state index in [1.165, 1.54) is 0 Å². The van der Waals surface area contributed by atoms with Crippen LogP contribution in [0.25, 0.3) is 0 Å². The van der Waals surface area contributed by atoms with Crippen molar-refractivity contribution in [1.82, 2.24) is 15.2 Å². The van der Waals surface area contributed by atoms with Crippen LogP contribution in [0, 0.1) is 0 Å². The van der Waals surface area contributed by atoms with Crippen molar-refractivity contribution in [2.45, 2.75) is 12.5 Å². The number of nitrogens with zero attached hydrogens (tertiary/aromatic N) is 2. The van der Waals surface area contributed by atoms with Gasteiger partial charge in [0.1, 0.15) is 0 Å². The lowest BCUT2D eigenvalue weighted by molar-refractivity contribution is -0.117. The highest BCUT2D eigenvalue weighted by Gasteiger charge is 2.21. The topological polar surface area (TPSA) is 57.3 Å². The SMILES string of the molecule is CN1CCNCC1CC(=O)Nc1ccncc1. The van der Waals surface area contributed by atoms with Crippen LogP contribution < -0.4 is 10.6 Å². The van der Waals surface area contributed by atoms with Gasteiger partial charge in [-0.05, 0) is 19.2 Å². The van der Waals surface area contributed by atoms with Gasteiger partial charge in [0.05, 0.1) is 0 Å². The third-order valence-corrected chi connectivity index (χ3v) is 3.03. The summed E-state index contributed by atoms with van der Waals surface area (Å²) in [5, 5.41) is 6.18. The lowest BCUT2D eigenvalue weighted by Gasteiger charge is -2.32. The molecule has 5 nitrogen and oxygen atoms in total. The van der Waals surface area contributed by atoms with Crippen LogP contribution in [0.5, 0.6) is 0 Å². The number of carbonyl (C=O) groups excluding carboxylic acids is 1. The summed E-state index contributed by atoms with van der Waals surface area (Å²) >= 11 is 0. The molecule has 1 aromatic rings. The summed E-state index contributed by atoms with van der Waals surface area (Å²) in [5.74, 6) is 0.0525. The monoisotopic (exact) mass is 234 g/mol. The minimum Gasteiger partial charge on any atom is -0.326 e. The third-order valence-electron chi connectivity index (χ3n) is 3.03. The number of anilines is 1. The summed E-state index contributed by atoms with van der Waals surface area (Å²) in [7, 11) is 2.06. The van der Waals surface area contributed by atoms with Crippen LogP contribution in [0.1, 0.15) is 6.42 Å². The first-order chi connectivity index (χ1) is 8.25. The second-order valence-electron chi connectivity index (χ2n) is 4.33. The summed E-state index contributed by atoms with van der Waals surface area (Å²) in [5.41, 5.74) is 0.802. The average molecular weight is 234 g/mol. The Balaban J connectivity index is 1.84. The summed E-state index contributed by atoms with van der Waals surface area (Å²) in [6.45, 7) is 2.87. The number of likely N-dealkylation sites (N-methyl/N-ethyl adjacent to an activating group) is 1. The maximum atomic E-state index is 11.8. The first-order valence-corrected chi connectivity index (χ1v) is 5.86. The molecule has 1 unspecified atom stereocenters. The van der Waals surface area contributed by atoms with Gasteiger partial charge < -0.3 is 15.5 Å². The molecule has 17 heavy (non-hydrogen) atoms. The lowest BCUT2D eigenvalue weighted by Crippen LogP contribution is -2.50. The summed E-state index contributed by atoms with van der Waals surface area (Å²) in [6, 6.07) is 3.87. The largest absolute Gasteiger partial charge is 0.326 e. The Morgan fingerprint density at radius 1 is 1.59 bits per heavy atom. The zero-order chi connectivity index (χ0) is 12.1. The van der Waals surface area contributed by atoms with Crippen molar-refractivity contribution in [3.8, 4) is 0 Å². The minimum atomic E-state index is 0.0525. The number of nitrogens with one attached hydrogen (secondary N) is 2. The second-order valence-corrected chi connectivity index (χ2v) is 4.33. The highest BCUT2D eigenvalue weighted by atomic mass is 16.1. The second kappa shape index (κ2) is 5.75. The summed E-state index contributed by atoms with van der Waals surface area (Å²) in [4.78, 5) is 18.0. The molecule has 1 atom stereocenters. The molecule has 2 N–H and O–H groups in total. The van der Waals surface area contributed by atoms with E-state index in [2.05, 4.69) is 27.6 Å². The molecule has 0 aromatic carbocycles. The molecule has 5 heteroatoms. The van der Waals surface area contributed by atoms with Gasteiger partial charge in [0.2, 0.25) is 5.91 Å². The number of hydrogen-bond donors (Lipinski definition) is 2. The van der Waals surface area contributed by atoms with Crippen LogP contribution in [0.3, 0.4) is 0 Å². The van der Waals surface area contributed by atoms with Crippen molar-refractivity contribution in [3.05, 3.63) is 24.5 Å². The van der Waals surface area contributed by atoms with Gasteiger partial charge in [0, 0.05) is 50.2 Å². The smallest absolute Gasteiger partial charge is 0.225 e. The van der Waals surface area contributed by atoms with E-state index in [0.29, 0.717) is 6.42 Å². The van der Waals surface area contributed by atoms with Gasteiger partial charge in [-0.1, -0.05) is 0 Å². The van der Waals surface area contributed by atoms with E-state index in [4.69, 9.17) is 0 Å². The highest BCUT2D eigenvalue weighted by molar-refractivity contribution is 5.90.